The first-order valence-corrected chi connectivity index (χ1v) is 4.68. The van der Waals surface area contributed by atoms with Crippen molar-refractivity contribution in [3.8, 4) is 0 Å². The van der Waals surface area contributed by atoms with E-state index in [2.05, 4.69) is 4.74 Å². The zero-order valence-electron chi connectivity index (χ0n) is 8.92. The number of hydrogen-bond acceptors (Lipinski definition) is 1. The van der Waals surface area contributed by atoms with Gasteiger partial charge in [-0.05, 0) is 6.92 Å². The molecule has 0 spiro atoms. The van der Waals surface area contributed by atoms with Crippen LogP contribution in [0.15, 0.2) is 0 Å². The van der Waals surface area contributed by atoms with Gasteiger partial charge in [0.15, 0.2) is 0 Å². The summed E-state index contributed by atoms with van der Waals surface area (Å²) in [5.74, 6) is -6.14. The van der Waals surface area contributed by atoms with Crippen molar-refractivity contribution in [1.82, 2.24) is 0 Å². The minimum atomic E-state index is -4.15. The molecule has 0 amide bonds. The fourth-order valence-electron chi connectivity index (χ4n) is 1.06. The van der Waals surface area contributed by atoms with Gasteiger partial charge in [0.25, 0.3) is 5.92 Å². The highest BCUT2D eigenvalue weighted by atomic mass is 19.3. The maximum absolute atomic E-state index is 13.4. The van der Waals surface area contributed by atoms with Gasteiger partial charge in [-0.1, -0.05) is 13.8 Å². The lowest BCUT2D eigenvalue weighted by Gasteiger charge is -2.29. The summed E-state index contributed by atoms with van der Waals surface area (Å²) in [6.45, 7) is 2.95. The highest BCUT2D eigenvalue weighted by Gasteiger charge is 2.46. The van der Waals surface area contributed by atoms with Crippen LogP contribution in [0.3, 0.4) is 0 Å². The van der Waals surface area contributed by atoms with E-state index in [-0.39, 0.29) is 12.8 Å². The Kier molecular flexibility index (Phi) is 4.51. The first-order chi connectivity index (χ1) is 6.54. The zero-order valence-corrected chi connectivity index (χ0v) is 8.92. The summed E-state index contributed by atoms with van der Waals surface area (Å²) in [5, 5.41) is 0. The van der Waals surface area contributed by atoms with Crippen molar-refractivity contribution in [3.63, 3.8) is 0 Å². The molecular weight excluding hydrogens is 219 g/mol. The van der Waals surface area contributed by atoms with Crippen molar-refractivity contribution in [1.29, 1.82) is 0 Å². The molecule has 0 atom stereocenters. The van der Waals surface area contributed by atoms with E-state index in [0.29, 0.717) is 6.92 Å². The molecule has 92 valence electrons. The van der Waals surface area contributed by atoms with Gasteiger partial charge in [0.2, 0.25) is 5.85 Å². The zero-order chi connectivity index (χ0) is 12.3. The molecule has 0 fully saturated rings. The number of halogens is 5. The fourth-order valence-corrected chi connectivity index (χ4v) is 1.06. The Morgan fingerprint density at radius 3 is 1.60 bits per heavy atom. The summed E-state index contributed by atoms with van der Waals surface area (Å²) >= 11 is 0. The molecule has 0 N–H and O–H groups in total. The van der Waals surface area contributed by atoms with Crippen molar-refractivity contribution >= 4 is 0 Å². The lowest BCUT2D eigenvalue weighted by atomic mass is 10.1. The standard InChI is InChI=1S/C9H15F5O/c1-4-8(12,5-2)15-9(13,14)6-7(3,10)11/h4-6H2,1-3H3. The number of ether oxygens (including phenoxy) is 1. The Morgan fingerprint density at radius 1 is 0.933 bits per heavy atom. The van der Waals surface area contributed by atoms with Crippen LogP contribution in [0.25, 0.3) is 0 Å². The largest absolute Gasteiger partial charge is 0.364 e. The Labute approximate surface area is 85.6 Å². The second-order valence-electron chi connectivity index (χ2n) is 3.58. The Morgan fingerprint density at radius 2 is 1.33 bits per heavy atom. The van der Waals surface area contributed by atoms with Gasteiger partial charge < -0.3 is 0 Å². The molecule has 0 aliphatic carbocycles. The van der Waals surface area contributed by atoms with Crippen molar-refractivity contribution < 1.29 is 26.7 Å². The number of hydrogen-bond donors (Lipinski definition) is 0. The van der Waals surface area contributed by atoms with Crippen molar-refractivity contribution in [2.75, 3.05) is 0 Å². The normalized spacial score (nSPS) is 14.4. The van der Waals surface area contributed by atoms with Crippen molar-refractivity contribution in [2.45, 2.75) is 57.9 Å². The molecule has 0 aliphatic rings. The first-order valence-electron chi connectivity index (χ1n) is 4.68. The molecule has 0 saturated heterocycles. The van der Waals surface area contributed by atoms with Crippen LogP contribution in [0.4, 0.5) is 22.0 Å². The Balaban J connectivity index is 4.49. The molecule has 0 unspecified atom stereocenters. The lowest BCUT2D eigenvalue weighted by molar-refractivity contribution is -0.348. The van der Waals surface area contributed by atoms with Crippen LogP contribution in [0, 0.1) is 0 Å². The minimum absolute atomic E-state index is 0.311. The maximum Gasteiger partial charge on any atom is 0.364 e. The van der Waals surface area contributed by atoms with E-state index in [1.807, 2.05) is 0 Å². The molecular formula is C9H15F5O. The summed E-state index contributed by atoms with van der Waals surface area (Å²) in [7, 11) is 0. The second-order valence-corrected chi connectivity index (χ2v) is 3.58. The molecule has 15 heavy (non-hydrogen) atoms. The third kappa shape index (κ3) is 5.92. The highest BCUT2D eigenvalue weighted by molar-refractivity contribution is 4.71. The summed E-state index contributed by atoms with van der Waals surface area (Å²) in [6.07, 6.45) is -6.59. The summed E-state index contributed by atoms with van der Waals surface area (Å²) in [4.78, 5) is 0. The smallest absolute Gasteiger partial charge is 0.283 e. The first kappa shape index (κ1) is 14.6. The molecule has 1 nitrogen and oxygen atoms in total. The molecule has 0 aliphatic heterocycles. The van der Waals surface area contributed by atoms with Crippen molar-refractivity contribution in [3.05, 3.63) is 0 Å². The van der Waals surface area contributed by atoms with E-state index < -0.39 is 24.3 Å². The molecule has 6 heteroatoms. The van der Waals surface area contributed by atoms with Crippen LogP contribution < -0.4 is 0 Å². The molecule has 0 aromatic carbocycles. The average molecular weight is 234 g/mol. The number of rotatable bonds is 6. The van der Waals surface area contributed by atoms with E-state index in [1.54, 1.807) is 0 Å². The highest BCUT2D eigenvalue weighted by Crippen LogP contribution is 2.37. The SMILES string of the molecule is CCC(F)(CC)OC(F)(F)CC(C)(F)F. The maximum atomic E-state index is 13.4. The molecule has 0 aromatic rings. The van der Waals surface area contributed by atoms with Gasteiger partial charge in [-0.15, -0.1) is 0 Å². The predicted molar refractivity (Wildman–Crippen MR) is 45.7 cm³/mol. The van der Waals surface area contributed by atoms with Gasteiger partial charge in [-0.2, -0.15) is 8.78 Å². The Hall–Kier alpha value is -0.390. The molecule has 0 aromatic heterocycles. The van der Waals surface area contributed by atoms with Gasteiger partial charge in [0.1, 0.15) is 6.42 Å². The monoisotopic (exact) mass is 234 g/mol. The summed E-state index contributed by atoms with van der Waals surface area (Å²) in [6, 6.07) is 0. The fraction of sp³-hybridized carbons (Fsp3) is 1.00. The van der Waals surface area contributed by atoms with Gasteiger partial charge >= 0.3 is 6.11 Å². The van der Waals surface area contributed by atoms with Gasteiger partial charge in [-0.25, -0.2) is 13.2 Å². The van der Waals surface area contributed by atoms with Gasteiger partial charge in [0, 0.05) is 12.8 Å². The van der Waals surface area contributed by atoms with Gasteiger partial charge in [-0.3, -0.25) is 4.74 Å². The van der Waals surface area contributed by atoms with E-state index >= 15 is 0 Å². The molecule has 0 radical (unpaired) electrons. The molecule has 0 heterocycles. The van der Waals surface area contributed by atoms with Crippen LogP contribution in [0.5, 0.6) is 0 Å². The van der Waals surface area contributed by atoms with Crippen LogP contribution in [0.2, 0.25) is 0 Å². The third-order valence-electron chi connectivity index (χ3n) is 1.90. The van der Waals surface area contributed by atoms with Crippen LogP contribution in [-0.2, 0) is 4.74 Å². The molecule has 0 bridgehead atoms. The predicted octanol–water partition coefficient (Wildman–Crippen LogP) is 4.13. The van der Waals surface area contributed by atoms with Gasteiger partial charge in [0.05, 0.1) is 0 Å². The lowest BCUT2D eigenvalue weighted by Crippen LogP contribution is -2.38. The van der Waals surface area contributed by atoms with Crippen molar-refractivity contribution in [2.24, 2.45) is 0 Å². The summed E-state index contributed by atoms with van der Waals surface area (Å²) in [5.41, 5.74) is 0. The molecule has 0 saturated carbocycles. The second kappa shape index (κ2) is 4.63. The van der Waals surface area contributed by atoms with Crippen LogP contribution in [-0.4, -0.2) is 17.9 Å². The molecule has 0 rings (SSSR count). The minimum Gasteiger partial charge on any atom is -0.283 e. The topological polar surface area (TPSA) is 9.23 Å². The van der Waals surface area contributed by atoms with E-state index in [0.717, 1.165) is 0 Å². The van der Waals surface area contributed by atoms with Crippen LogP contribution in [0.1, 0.15) is 40.0 Å². The van der Waals surface area contributed by atoms with Crippen LogP contribution >= 0.6 is 0 Å². The van der Waals surface area contributed by atoms with E-state index in [1.165, 1.54) is 13.8 Å². The third-order valence-corrected chi connectivity index (χ3v) is 1.90. The average Bonchev–Trinajstić information content (AvgIpc) is 1.98. The number of alkyl halides is 5. The Bertz CT molecular complexity index is 195. The van der Waals surface area contributed by atoms with E-state index in [4.69, 9.17) is 0 Å². The quantitative estimate of drug-likeness (QED) is 0.628. The summed E-state index contributed by atoms with van der Waals surface area (Å²) < 4.78 is 67.5. The van der Waals surface area contributed by atoms with E-state index in [9.17, 15) is 22.0 Å².